The summed E-state index contributed by atoms with van der Waals surface area (Å²) in [6, 6.07) is 0. The summed E-state index contributed by atoms with van der Waals surface area (Å²) in [6.07, 6.45) is 0.634. The molecule has 30 valence electrons. The number of aliphatic hydroxyl groups excluding tert-OH is 1. The SMILES string of the molecule is OCCC=S. The minimum Gasteiger partial charge on any atom is -0.396 e. The molecule has 0 saturated carbocycles. The summed E-state index contributed by atoms with van der Waals surface area (Å²) in [5.74, 6) is 0. The van der Waals surface area contributed by atoms with Gasteiger partial charge >= 0.3 is 0 Å². The van der Waals surface area contributed by atoms with Crippen LogP contribution in [0.1, 0.15) is 6.42 Å². The Morgan fingerprint density at radius 1 is 1.80 bits per heavy atom. The fourth-order valence-electron chi connectivity index (χ4n) is 0.0527. The summed E-state index contributed by atoms with van der Waals surface area (Å²) < 4.78 is 0. The maximum atomic E-state index is 7.97. The maximum Gasteiger partial charge on any atom is 0.0473 e. The zero-order valence-corrected chi connectivity index (χ0v) is 3.66. The van der Waals surface area contributed by atoms with E-state index in [0.717, 1.165) is 0 Å². The minimum atomic E-state index is 0.184. The molecule has 0 amide bonds. The van der Waals surface area contributed by atoms with E-state index in [-0.39, 0.29) is 6.61 Å². The first-order valence-corrected chi connectivity index (χ1v) is 1.93. The number of hydrogen-bond acceptors (Lipinski definition) is 2. The monoisotopic (exact) mass is 90.0 g/mol. The van der Waals surface area contributed by atoms with Crippen molar-refractivity contribution in [2.75, 3.05) is 6.61 Å². The number of rotatable bonds is 2. The van der Waals surface area contributed by atoms with Gasteiger partial charge in [0.15, 0.2) is 0 Å². The fraction of sp³-hybridized carbons (Fsp3) is 0.667. The van der Waals surface area contributed by atoms with Gasteiger partial charge in [-0.1, -0.05) is 12.2 Å². The molecule has 0 aromatic rings. The van der Waals surface area contributed by atoms with Crippen molar-refractivity contribution in [3.8, 4) is 0 Å². The van der Waals surface area contributed by atoms with Gasteiger partial charge < -0.3 is 5.11 Å². The second kappa shape index (κ2) is 4.05. The molecule has 0 aliphatic carbocycles. The molecule has 0 aliphatic rings. The lowest BCUT2D eigenvalue weighted by molar-refractivity contribution is 0.309. The summed E-state index contributed by atoms with van der Waals surface area (Å²) in [6.45, 7) is 0.184. The normalized spacial score (nSPS) is 7.40. The van der Waals surface area contributed by atoms with Crippen molar-refractivity contribution < 1.29 is 5.11 Å². The van der Waals surface area contributed by atoms with Gasteiger partial charge in [-0.05, 0) is 11.8 Å². The molecular weight excluding hydrogens is 84.1 g/mol. The Labute approximate surface area is 36.6 Å². The van der Waals surface area contributed by atoms with E-state index in [1.54, 1.807) is 0 Å². The van der Waals surface area contributed by atoms with Crippen LogP contribution in [-0.2, 0) is 0 Å². The quantitative estimate of drug-likeness (QED) is 0.494. The summed E-state index contributed by atoms with van der Waals surface area (Å²) in [4.78, 5) is 0. The second-order valence-electron chi connectivity index (χ2n) is 0.679. The van der Waals surface area contributed by atoms with Gasteiger partial charge in [-0.15, -0.1) is 0 Å². The molecule has 1 nitrogen and oxygen atoms in total. The van der Waals surface area contributed by atoms with Crippen LogP contribution in [0.4, 0.5) is 0 Å². The lowest BCUT2D eigenvalue weighted by Gasteiger charge is -1.72. The molecule has 0 saturated heterocycles. The topological polar surface area (TPSA) is 20.2 Å². The van der Waals surface area contributed by atoms with Crippen molar-refractivity contribution in [2.24, 2.45) is 0 Å². The molecule has 2 heteroatoms. The van der Waals surface area contributed by atoms with Crippen LogP contribution in [-0.4, -0.2) is 17.1 Å². The van der Waals surface area contributed by atoms with Crippen molar-refractivity contribution in [3.63, 3.8) is 0 Å². The Hall–Kier alpha value is 0.0500. The maximum absolute atomic E-state index is 7.97. The summed E-state index contributed by atoms with van der Waals surface area (Å²) in [5.41, 5.74) is 0. The van der Waals surface area contributed by atoms with E-state index in [1.807, 2.05) is 0 Å². The second-order valence-corrected chi connectivity index (χ2v) is 1.01. The molecule has 0 rings (SSSR count). The van der Waals surface area contributed by atoms with Gasteiger partial charge in [0.2, 0.25) is 0 Å². The van der Waals surface area contributed by atoms with Gasteiger partial charge in [0.1, 0.15) is 0 Å². The Morgan fingerprint density at radius 3 is 2.40 bits per heavy atom. The first-order chi connectivity index (χ1) is 2.41. The van der Waals surface area contributed by atoms with E-state index in [0.29, 0.717) is 6.42 Å². The number of thiocarbonyl (C=S) groups is 1. The molecule has 1 N–H and O–H groups in total. The van der Waals surface area contributed by atoms with Crippen molar-refractivity contribution in [2.45, 2.75) is 6.42 Å². The molecule has 0 atom stereocenters. The highest BCUT2D eigenvalue weighted by Gasteiger charge is 1.64. The minimum absolute atomic E-state index is 0.184. The third-order valence-corrected chi connectivity index (χ3v) is 0.483. The van der Waals surface area contributed by atoms with E-state index in [2.05, 4.69) is 12.2 Å². The Kier molecular flexibility index (Phi) is 4.09. The molecule has 0 aromatic carbocycles. The van der Waals surface area contributed by atoms with Gasteiger partial charge in [-0.2, -0.15) is 0 Å². The Bertz CT molecular complexity index is 28.1. The predicted molar refractivity (Wildman–Crippen MR) is 25.4 cm³/mol. The van der Waals surface area contributed by atoms with Crippen LogP contribution in [0.5, 0.6) is 0 Å². The molecule has 0 fully saturated rings. The number of hydrogen-bond donors (Lipinski definition) is 1. The van der Waals surface area contributed by atoms with E-state index < -0.39 is 0 Å². The van der Waals surface area contributed by atoms with Crippen LogP contribution in [0.15, 0.2) is 0 Å². The molecule has 0 aromatic heterocycles. The van der Waals surface area contributed by atoms with Gasteiger partial charge in [0, 0.05) is 6.61 Å². The van der Waals surface area contributed by atoms with E-state index >= 15 is 0 Å². The molecule has 0 radical (unpaired) electrons. The van der Waals surface area contributed by atoms with E-state index in [1.165, 1.54) is 5.37 Å². The third kappa shape index (κ3) is 4.05. The highest BCUT2D eigenvalue weighted by atomic mass is 32.1. The molecule has 5 heavy (non-hydrogen) atoms. The van der Waals surface area contributed by atoms with Gasteiger partial charge in [0.05, 0.1) is 0 Å². The molecule has 0 unspecified atom stereocenters. The Balaban J connectivity index is 2.40. The van der Waals surface area contributed by atoms with Gasteiger partial charge in [0.25, 0.3) is 0 Å². The van der Waals surface area contributed by atoms with Crippen molar-refractivity contribution >= 4 is 17.6 Å². The highest BCUT2D eigenvalue weighted by Crippen LogP contribution is 1.63. The molecular formula is C3H6OS. The van der Waals surface area contributed by atoms with Crippen LogP contribution >= 0.6 is 12.2 Å². The highest BCUT2D eigenvalue weighted by molar-refractivity contribution is 7.78. The zero-order chi connectivity index (χ0) is 4.12. The smallest absolute Gasteiger partial charge is 0.0473 e. The molecule has 0 bridgehead atoms. The average Bonchev–Trinajstić information content (AvgIpc) is 1.41. The van der Waals surface area contributed by atoms with Crippen LogP contribution in [0.3, 0.4) is 0 Å². The Morgan fingerprint density at radius 2 is 2.40 bits per heavy atom. The molecule has 0 heterocycles. The van der Waals surface area contributed by atoms with Crippen molar-refractivity contribution in [3.05, 3.63) is 0 Å². The first-order valence-electron chi connectivity index (χ1n) is 1.46. The lowest BCUT2D eigenvalue weighted by Crippen LogP contribution is -1.77. The largest absolute Gasteiger partial charge is 0.396 e. The summed E-state index contributed by atoms with van der Waals surface area (Å²) >= 11 is 4.37. The average molecular weight is 90.1 g/mol. The molecule has 0 aliphatic heterocycles. The van der Waals surface area contributed by atoms with Crippen molar-refractivity contribution in [1.82, 2.24) is 0 Å². The van der Waals surface area contributed by atoms with Gasteiger partial charge in [-0.25, -0.2) is 0 Å². The predicted octanol–water partition coefficient (Wildman–Crippen LogP) is 0.368. The third-order valence-electron chi connectivity index (χ3n) is 0.247. The van der Waals surface area contributed by atoms with E-state index in [4.69, 9.17) is 5.11 Å². The summed E-state index contributed by atoms with van der Waals surface area (Å²) in [5, 5.41) is 9.48. The standard InChI is InChI=1S/C3H6OS/c4-2-1-3-5/h3-4H,1-2H2. The van der Waals surface area contributed by atoms with Crippen LogP contribution in [0.25, 0.3) is 0 Å². The van der Waals surface area contributed by atoms with Crippen molar-refractivity contribution in [1.29, 1.82) is 0 Å². The number of aliphatic hydroxyl groups is 1. The van der Waals surface area contributed by atoms with E-state index in [9.17, 15) is 0 Å². The molecule has 0 spiro atoms. The van der Waals surface area contributed by atoms with Crippen LogP contribution in [0.2, 0.25) is 0 Å². The lowest BCUT2D eigenvalue weighted by atomic mass is 10.5. The van der Waals surface area contributed by atoms with Crippen LogP contribution < -0.4 is 0 Å². The summed E-state index contributed by atoms with van der Waals surface area (Å²) in [7, 11) is 0. The van der Waals surface area contributed by atoms with Crippen LogP contribution in [0, 0.1) is 0 Å². The first kappa shape index (κ1) is 5.05. The van der Waals surface area contributed by atoms with Gasteiger partial charge in [-0.3, -0.25) is 0 Å². The fourth-order valence-corrected chi connectivity index (χ4v) is 0.158. The zero-order valence-electron chi connectivity index (χ0n) is 2.85.